The molecule has 2 rings (SSSR count). The normalized spacial score (nSPS) is 24.1. The molecule has 0 N–H and O–H groups in total. The summed E-state index contributed by atoms with van der Waals surface area (Å²) in [6, 6.07) is 8.42. The Hall–Kier alpha value is -0.0500. The largest absolute Gasteiger partial charge is 0.372 e. The minimum atomic E-state index is 0.0405. The third-order valence-electron chi connectivity index (χ3n) is 3.61. The zero-order valence-electron chi connectivity index (χ0n) is 11.0. The smallest absolute Gasteiger partial charge is 0.0631 e. The standard InChI is InChI=1S/C15H20BrClO/c1-15(2)7-6-14(18-15)9-12(10-17)11-4-3-5-13(16)8-11/h3-5,8,12,14H,6-7,9-10H2,1-2H3. The summed E-state index contributed by atoms with van der Waals surface area (Å²) in [7, 11) is 0. The quantitative estimate of drug-likeness (QED) is 0.696. The molecule has 1 fully saturated rings. The van der Waals surface area contributed by atoms with Crippen LogP contribution in [0.2, 0.25) is 0 Å². The fraction of sp³-hybridized carbons (Fsp3) is 0.600. The molecule has 1 saturated heterocycles. The first-order valence-electron chi connectivity index (χ1n) is 6.49. The van der Waals surface area contributed by atoms with Gasteiger partial charge in [-0.25, -0.2) is 0 Å². The van der Waals surface area contributed by atoms with E-state index in [-0.39, 0.29) is 5.60 Å². The summed E-state index contributed by atoms with van der Waals surface area (Å²) in [6.45, 7) is 4.34. The van der Waals surface area contributed by atoms with E-state index < -0.39 is 0 Å². The number of hydrogen-bond donors (Lipinski definition) is 0. The van der Waals surface area contributed by atoms with E-state index in [0.717, 1.165) is 23.7 Å². The third-order valence-corrected chi connectivity index (χ3v) is 4.47. The molecule has 1 aliphatic rings. The second-order valence-electron chi connectivity index (χ2n) is 5.68. The Kier molecular flexibility index (Phi) is 4.74. The van der Waals surface area contributed by atoms with Gasteiger partial charge in [-0.1, -0.05) is 28.1 Å². The summed E-state index contributed by atoms with van der Waals surface area (Å²) in [5.41, 5.74) is 1.34. The van der Waals surface area contributed by atoms with E-state index in [4.69, 9.17) is 16.3 Å². The predicted octanol–water partition coefficient (Wildman–Crippen LogP) is 5.12. The van der Waals surface area contributed by atoms with Crippen molar-refractivity contribution in [1.29, 1.82) is 0 Å². The molecule has 0 aromatic heterocycles. The lowest BCUT2D eigenvalue weighted by Gasteiger charge is -2.22. The highest BCUT2D eigenvalue weighted by molar-refractivity contribution is 9.10. The molecule has 0 amide bonds. The number of hydrogen-bond acceptors (Lipinski definition) is 1. The highest BCUT2D eigenvalue weighted by atomic mass is 79.9. The number of rotatable bonds is 4. The van der Waals surface area contributed by atoms with Crippen LogP contribution in [0.1, 0.15) is 44.6 Å². The van der Waals surface area contributed by atoms with Gasteiger partial charge in [0.25, 0.3) is 0 Å². The molecular formula is C15H20BrClO. The maximum Gasteiger partial charge on any atom is 0.0631 e. The lowest BCUT2D eigenvalue weighted by atomic mass is 9.93. The van der Waals surface area contributed by atoms with Crippen LogP contribution in [0.5, 0.6) is 0 Å². The Labute approximate surface area is 123 Å². The summed E-state index contributed by atoms with van der Waals surface area (Å²) in [6.07, 6.45) is 3.66. The second kappa shape index (κ2) is 5.94. The summed E-state index contributed by atoms with van der Waals surface area (Å²) in [4.78, 5) is 0. The molecule has 2 unspecified atom stereocenters. The maximum absolute atomic E-state index is 6.13. The van der Waals surface area contributed by atoms with Crippen molar-refractivity contribution in [2.24, 2.45) is 0 Å². The van der Waals surface area contributed by atoms with Gasteiger partial charge in [-0.2, -0.15) is 0 Å². The van der Waals surface area contributed by atoms with Crippen molar-refractivity contribution >= 4 is 27.5 Å². The zero-order valence-corrected chi connectivity index (χ0v) is 13.3. The summed E-state index contributed by atoms with van der Waals surface area (Å²) >= 11 is 9.65. The minimum absolute atomic E-state index is 0.0405. The lowest BCUT2D eigenvalue weighted by molar-refractivity contribution is -0.0202. The Bertz CT molecular complexity index is 405. The van der Waals surface area contributed by atoms with Crippen LogP contribution in [0.25, 0.3) is 0 Å². The highest BCUT2D eigenvalue weighted by Gasteiger charge is 2.33. The molecule has 0 spiro atoms. The van der Waals surface area contributed by atoms with Crippen LogP contribution in [-0.4, -0.2) is 17.6 Å². The van der Waals surface area contributed by atoms with Gasteiger partial charge in [-0.05, 0) is 56.7 Å². The van der Waals surface area contributed by atoms with Crippen molar-refractivity contribution in [3.8, 4) is 0 Å². The van der Waals surface area contributed by atoms with Crippen molar-refractivity contribution in [2.45, 2.75) is 50.7 Å². The molecule has 1 heterocycles. The van der Waals surface area contributed by atoms with Crippen molar-refractivity contribution in [3.05, 3.63) is 34.3 Å². The second-order valence-corrected chi connectivity index (χ2v) is 6.90. The van der Waals surface area contributed by atoms with E-state index >= 15 is 0 Å². The summed E-state index contributed by atoms with van der Waals surface area (Å²) in [5.74, 6) is 1.03. The van der Waals surface area contributed by atoms with Crippen LogP contribution in [0.4, 0.5) is 0 Å². The lowest BCUT2D eigenvalue weighted by Crippen LogP contribution is -2.21. The van der Waals surface area contributed by atoms with Crippen LogP contribution in [0, 0.1) is 0 Å². The zero-order chi connectivity index (χ0) is 13.2. The molecule has 0 aliphatic carbocycles. The van der Waals surface area contributed by atoms with Crippen LogP contribution in [0.3, 0.4) is 0 Å². The average Bonchev–Trinajstić information content (AvgIpc) is 2.65. The summed E-state index contributed by atoms with van der Waals surface area (Å²) in [5, 5.41) is 0. The Balaban J connectivity index is 2.02. The molecule has 0 radical (unpaired) electrons. The van der Waals surface area contributed by atoms with Gasteiger partial charge in [0.15, 0.2) is 0 Å². The fourth-order valence-electron chi connectivity index (χ4n) is 2.61. The number of benzene rings is 1. The monoisotopic (exact) mass is 330 g/mol. The van der Waals surface area contributed by atoms with Crippen molar-refractivity contribution in [3.63, 3.8) is 0 Å². The first-order valence-corrected chi connectivity index (χ1v) is 7.82. The Morgan fingerprint density at radius 1 is 1.50 bits per heavy atom. The molecular weight excluding hydrogens is 312 g/mol. The molecule has 1 aromatic carbocycles. The maximum atomic E-state index is 6.13. The predicted molar refractivity (Wildman–Crippen MR) is 80.4 cm³/mol. The molecule has 1 aromatic rings. The summed E-state index contributed by atoms with van der Waals surface area (Å²) < 4.78 is 7.18. The third kappa shape index (κ3) is 3.72. The Morgan fingerprint density at radius 2 is 2.28 bits per heavy atom. The number of ether oxygens (including phenoxy) is 1. The minimum Gasteiger partial charge on any atom is -0.372 e. The van der Waals surface area contributed by atoms with E-state index in [1.165, 1.54) is 5.56 Å². The number of alkyl halides is 1. The van der Waals surface area contributed by atoms with Gasteiger partial charge in [0, 0.05) is 10.4 Å². The molecule has 18 heavy (non-hydrogen) atoms. The van der Waals surface area contributed by atoms with Crippen LogP contribution >= 0.6 is 27.5 Å². The van der Waals surface area contributed by atoms with Crippen LogP contribution < -0.4 is 0 Å². The molecule has 0 saturated carbocycles. The van der Waals surface area contributed by atoms with Gasteiger partial charge < -0.3 is 4.74 Å². The van der Waals surface area contributed by atoms with Gasteiger partial charge in [0.1, 0.15) is 0 Å². The first kappa shape index (κ1) is 14.4. The van der Waals surface area contributed by atoms with Gasteiger partial charge in [0.05, 0.1) is 11.7 Å². The van der Waals surface area contributed by atoms with E-state index in [0.29, 0.717) is 17.9 Å². The van der Waals surface area contributed by atoms with Gasteiger partial charge in [0.2, 0.25) is 0 Å². The van der Waals surface area contributed by atoms with Gasteiger partial charge in [-0.15, -0.1) is 11.6 Å². The fourth-order valence-corrected chi connectivity index (χ4v) is 3.33. The molecule has 100 valence electrons. The van der Waals surface area contributed by atoms with E-state index in [2.05, 4.69) is 48.0 Å². The topological polar surface area (TPSA) is 9.23 Å². The molecule has 1 aliphatic heterocycles. The molecule has 1 nitrogen and oxygen atoms in total. The van der Waals surface area contributed by atoms with E-state index in [1.54, 1.807) is 0 Å². The van der Waals surface area contributed by atoms with E-state index in [9.17, 15) is 0 Å². The molecule has 2 atom stereocenters. The van der Waals surface area contributed by atoms with Crippen molar-refractivity contribution in [2.75, 3.05) is 5.88 Å². The molecule has 3 heteroatoms. The SMILES string of the molecule is CC1(C)CCC(CC(CCl)c2cccc(Br)c2)O1. The highest BCUT2D eigenvalue weighted by Crippen LogP contribution is 2.35. The Morgan fingerprint density at radius 3 is 2.83 bits per heavy atom. The first-order chi connectivity index (χ1) is 8.50. The van der Waals surface area contributed by atoms with Gasteiger partial charge >= 0.3 is 0 Å². The van der Waals surface area contributed by atoms with Crippen molar-refractivity contribution < 1.29 is 4.74 Å². The number of halogens is 2. The average molecular weight is 332 g/mol. The van der Waals surface area contributed by atoms with E-state index in [1.807, 2.05) is 6.07 Å². The van der Waals surface area contributed by atoms with Crippen molar-refractivity contribution in [1.82, 2.24) is 0 Å². The van der Waals surface area contributed by atoms with Crippen LogP contribution in [0.15, 0.2) is 28.7 Å². The van der Waals surface area contributed by atoms with Crippen LogP contribution in [-0.2, 0) is 4.74 Å². The van der Waals surface area contributed by atoms with Gasteiger partial charge in [-0.3, -0.25) is 0 Å². The molecule has 0 bridgehead atoms.